The van der Waals surface area contributed by atoms with Crippen molar-refractivity contribution in [3.8, 4) is 0 Å². The monoisotopic (exact) mass is 218 g/mol. The van der Waals surface area contributed by atoms with E-state index in [1.54, 1.807) is 0 Å². The quantitative estimate of drug-likeness (QED) is 0.703. The molecular formula is C13H11ClO. The lowest BCUT2D eigenvalue weighted by atomic mass is 9.96. The molecular weight excluding hydrogens is 208 g/mol. The summed E-state index contributed by atoms with van der Waals surface area (Å²) in [6, 6.07) is 13.9. The Kier molecular flexibility index (Phi) is 2.74. The highest BCUT2D eigenvalue weighted by Crippen LogP contribution is 2.26. The SMILES string of the molecule is CC(C(=O)Cl)c1cccc2ccccc12. The number of rotatable bonds is 2. The van der Waals surface area contributed by atoms with E-state index < -0.39 is 0 Å². The van der Waals surface area contributed by atoms with Crippen molar-refractivity contribution in [2.75, 3.05) is 0 Å². The van der Waals surface area contributed by atoms with Crippen LogP contribution in [0.15, 0.2) is 42.5 Å². The van der Waals surface area contributed by atoms with Gasteiger partial charge in [0.1, 0.15) is 0 Å². The van der Waals surface area contributed by atoms with Crippen molar-refractivity contribution in [1.82, 2.24) is 0 Å². The number of fused-ring (bicyclic) bond motifs is 1. The third kappa shape index (κ3) is 1.88. The number of hydrogen-bond acceptors (Lipinski definition) is 1. The average Bonchev–Trinajstić information content (AvgIpc) is 2.27. The first-order valence-electron chi connectivity index (χ1n) is 4.87. The number of benzene rings is 2. The van der Waals surface area contributed by atoms with Gasteiger partial charge in [-0.2, -0.15) is 0 Å². The first kappa shape index (κ1) is 10.2. The molecule has 2 aromatic carbocycles. The topological polar surface area (TPSA) is 17.1 Å². The van der Waals surface area contributed by atoms with Crippen LogP contribution in [0, 0.1) is 0 Å². The standard InChI is InChI=1S/C13H11ClO/c1-9(13(14)15)11-8-4-6-10-5-2-3-7-12(10)11/h2-9H,1H3. The minimum atomic E-state index is -0.314. The van der Waals surface area contributed by atoms with Crippen molar-refractivity contribution in [3.05, 3.63) is 48.0 Å². The molecule has 0 radical (unpaired) electrons. The van der Waals surface area contributed by atoms with E-state index in [4.69, 9.17) is 11.6 Å². The second-order valence-corrected chi connectivity index (χ2v) is 3.97. The van der Waals surface area contributed by atoms with Crippen LogP contribution in [-0.2, 0) is 4.79 Å². The second kappa shape index (κ2) is 4.03. The highest BCUT2D eigenvalue weighted by Gasteiger charge is 2.14. The van der Waals surface area contributed by atoms with Crippen molar-refractivity contribution < 1.29 is 4.79 Å². The van der Waals surface area contributed by atoms with Crippen molar-refractivity contribution in [2.45, 2.75) is 12.8 Å². The molecule has 0 aliphatic carbocycles. The molecule has 2 heteroatoms. The fourth-order valence-corrected chi connectivity index (χ4v) is 1.87. The lowest BCUT2D eigenvalue weighted by molar-refractivity contribution is -0.112. The zero-order valence-electron chi connectivity index (χ0n) is 8.41. The predicted octanol–water partition coefficient (Wildman–Crippen LogP) is 3.71. The van der Waals surface area contributed by atoms with E-state index in [1.807, 2.05) is 49.4 Å². The zero-order valence-corrected chi connectivity index (χ0v) is 9.16. The summed E-state index contributed by atoms with van der Waals surface area (Å²) in [4.78, 5) is 11.2. The van der Waals surface area contributed by atoms with Gasteiger partial charge in [0.2, 0.25) is 5.24 Å². The van der Waals surface area contributed by atoms with Crippen molar-refractivity contribution >= 4 is 27.6 Å². The smallest absolute Gasteiger partial charge is 0.228 e. The Balaban J connectivity index is 2.65. The lowest BCUT2D eigenvalue weighted by Crippen LogP contribution is -2.02. The van der Waals surface area contributed by atoms with Crippen LogP contribution in [0.5, 0.6) is 0 Å². The largest absolute Gasteiger partial charge is 0.281 e. The van der Waals surface area contributed by atoms with Gasteiger partial charge >= 0.3 is 0 Å². The fourth-order valence-electron chi connectivity index (χ4n) is 1.75. The Bertz CT molecular complexity index is 499. The summed E-state index contributed by atoms with van der Waals surface area (Å²) in [5, 5.41) is 1.92. The van der Waals surface area contributed by atoms with Crippen molar-refractivity contribution in [3.63, 3.8) is 0 Å². The average molecular weight is 219 g/mol. The molecule has 1 atom stereocenters. The van der Waals surface area contributed by atoms with Crippen molar-refractivity contribution in [1.29, 1.82) is 0 Å². The van der Waals surface area contributed by atoms with Crippen LogP contribution in [-0.4, -0.2) is 5.24 Å². The Morgan fingerprint density at radius 3 is 2.53 bits per heavy atom. The summed E-state index contributed by atoms with van der Waals surface area (Å²) in [5.41, 5.74) is 0.994. The third-order valence-corrected chi connectivity index (χ3v) is 2.96. The van der Waals surface area contributed by atoms with E-state index in [0.717, 1.165) is 16.3 Å². The molecule has 1 unspecified atom stereocenters. The van der Waals surface area contributed by atoms with Gasteiger partial charge in [-0.1, -0.05) is 49.4 Å². The fraction of sp³-hybridized carbons (Fsp3) is 0.154. The summed E-state index contributed by atoms with van der Waals surface area (Å²) in [6.45, 7) is 1.83. The molecule has 76 valence electrons. The van der Waals surface area contributed by atoms with Gasteiger partial charge in [0, 0.05) is 0 Å². The van der Waals surface area contributed by atoms with Crippen LogP contribution >= 0.6 is 11.6 Å². The van der Waals surface area contributed by atoms with E-state index in [9.17, 15) is 4.79 Å². The molecule has 0 heterocycles. The summed E-state index contributed by atoms with van der Waals surface area (Å²) < 4.78 is 0. The first-order valence-corrected chi connectivity index (χ1v) is 5.25. The van der Waals surface area contributed by atoms with E-state index in [2.05, 4.69) is 0 Å². The zero-order chi connectivity index (χ0) is 10.8. The van der Waals surface area contributed by atoms with Gasteiger partial charge in [0.05, 0.1) is 5.92 Å². The normalized spacial score (nSPS) is 12.7. The first-order chi connectivity index (χ1) is 7.20. The van der Waals surface area contributed by atoms with E-state index in [-0.39, 0.29) is 11.2 Å². The van der Waals surface area contributed by atoms with E-state index >= 15 is 0 Å². The molecule has 1 nitrogen and oxygen atoms in total. The predicted molar refractivity (Wildman–Crippen MR) is 63.2 cm³/mol. The van der Waals surface area contributed by atoms with E-state index in [1.165, 1.54) is 0 Å². The Morgan fingerprint density at radius 2 is 1.80 bits per heavy atom. The summed E-state index contributed by atoms with van der Waals surface area (Å²) in [5.74, 6) is -0.252. The van der Waals surface area contributed by atoms with Gasteiger partial charge < -0.3 is 0 Å². The molecule has 2 aromatic rings. The van der Waals surface area contributed by atoms with Crippen LogP contribution in [0.4, 0.5) is 0 Å². The molecule has 2 rings (SSSR count). The molecule has 0 aliphatic rings. The Morgan fingerprint density at radius 1 is 1.13 bits per heavy atom. The van der Waals surface area contributed by atoms with Crippen LogP contribution < -0.4 is 0 Å². The summed E-state index contributed by atoms with van der Waals surface area (Å²) in [6.07, 6.45) is 0. The molecule has 0 aromatic heterocycles. The molecule has 0 saturated heterocycles. The molecule has 0 bridgehead atoms. The number of carbonyl (C=O) groups excluding carboxylic acids is 1. The van der Waals surface area contributed by atoms with Crippen LogP contribution in [0.25, 0.3) is 10.8 Å². The Hall–Kier alpha value is -1.34. The highest BCUT2D eigenvalue weighted by molar-refractivity contribution is 6.64. The van der Waals surface area contributed by atoms with Crippen LogP contribution in [0.2, 0.25) is 0 Å². The maximum atomic E-state index is 11.2. The minimum absolute atomic E-state index is 0.252. The molecule has 0 amide bonds. The van der Waals surface area contributed by atoms with Gasteiger partial charge in [0.15, 0.2) is 0 Å². The molecule has 0 aliphatic heterocycles. The molecule has 0 saturated carbocycles. The molecule has 15 heavy (non-hydrogen) atoms. The van der Waals surface area contributed by atoms with Gasteiger partial charge in [-0.25, -0.2) is 0 Å². The number of hydrogen-bond donors (Lipinski definition) is 0. The highest BCUT2D eigenvalue weighted by atomic mass is 35.5. The number of halogens is 1. The maximum absolute atomic E-state index is 11.2. The lowest BCUT2D eigenvalue weighted by Gasteiger charge is -2.10. The Labute approximate surface area is 93.7 Å². The van der Waals surface area contributed by atoms with Gasteiger partial charge in [0.25, 0.3) is 0 Å². The minimum Gasteiger partial charge on any atom is -0.281 e. The summed E-state index contributed by atoms with van der Waals surface area (Å²) in [7, 11) is 0. The van der Waals surface area contributed by atoms with Gasteiger partial charge in [-0.05, 0) is 27.9 Å². The molecule has 0 spiro atoms. The summed E-state index contributed by atoms with van der Waals surface area (Å²) >= 11 is 5.52. The second-order valence-electron chi connectivity index (χ2n) is 3.59. The van der Waals surface area contributed by atoms with Gasteiger partial charge in [-0.3, -0.25) is 4.79 Å². The maximum Gasteiger partial charge on any atom is 0.228 e. The third-order valence-electron chi connectivity index (χ3n) is 2.63. The van der Waals surface area contributed by atoms with E-state index in [0.29, 0.717) is 0 Å². The van der Waals surface area contributed by atoms with Crippen LogP contribution in [0.1, 0.15) is 18.4 Å². The van der Waals surface area contributed by atoms with Crippen LogP contribution in [0.3, 0.4) is 0 Å². The molecule has 0 fully saturated rings. The molecule has 0 N–H and O–H groups in total. The van der Waals surface area contributed by atoms with Crippen molar-refractivity contribution in [2.24, 2.45) is 0 Å². The number of carbonyl (C=O) groups is 1. The van der Waals surface area contributed by atoms with Gasteiger partial charge in [-0.15, -0.1) is 0 Å².